The first kappa shape index (κ1) is 7.95. The first-order valence-electron chi connectivity index (χ1n) is 3.43. The lowest BCUT2D eigenvalue weighted by atomic mass is 9.98. The molecule has 0 bridgehead atoms. The molecule has 0 aliphatic carbocycles. The van der Waals surface area contributed by atoms with Gasteiger partial charge in [-0.25, -0.2) is 0 Å². The van der Waals surface area contributed by atoms with Gasteiger partial charge in [-0.05, 0) is 24.6 Å². The maximum Gasteiger partial charge on any atom is 0.105 e. The molecule has 1 aromatic heterocycles. The number of aromatic nitrogens is 1. The van der Waals surface area contributed by atoms with E-state index in [4.69, 9.17) is 0 Å². The second-order valence-electron chi connectivity index (χ2n) is 2.59. The van der Waals surface area contributed by atoms with E-state index >= 15 is 0 Å². The molecule has 1 heterocycles. The highest BCUT2D eigenvalue weighted by Crippen LogP contribution is 2.19. The van der Waals surface area contributed by atoms with Gasteiger partial charge in [0, 0.05) is 12.4 Å². The maximum absolute atomic E-state index is 9.65. The minimum Gasteiger partial charge on any atom is -0.381 e. The first-order valence-corrected chi connectivity index (χ1v) is 3.43. The van der Waals surface area contributed by atoms with Crippen LogP contribution in [0.25, 0.3) is 0 Å². The molecule has 0 fully saturated rings. The van der Waals surface area contributed by atoms with Crippen molar-refractivity contribution in [3.63, 3.8) is 0 Å². The van der Waals surface area contributed by atoms with Crippen LogP contribution in [0, 0.1) is 0 Å². The summed E-state index contributed by atoms with van der Waals surface area (Å²) in [5.41, 5.74) is -0.134. The summed E-state index contributed by atoms with van der Waals surface area (Å²) in [6, 6.07) is 3.53. The van der Waals surface area contributed by atoms with E-state index in [1.807, 2.05) is 0 Å². The van der Waals surface area contributed by atoms with Gasteiger partial charge in [0.1, 0.15) is 5.60 Å². The predicted octanol–water partition coefficient (Wildman–Crippen LogP) is 1.48. The standard InChI is InChI=1S/C9H11NO/c1-3-9(2,11)8-4-6-10-7-5-8/h3-7,11H,1H2,2H3. The molecule has 1 unspecified atom stereocenters. The smallest absolute Gasteiger partial charge is 0.105 e. The van der Waals surface area contributed by atoms with Crippen molar-refractivity contribution < 1.29 is 5.11 Å². The Morgan fingerprint density at radius 2 is 2.09 bits per heavy atom. The van der Waals surface area contributed by atoms with E-state index in [2.05, 4.69) is 11.6 Å². The Morgan fingerprint density at radius 3 is 2.55 bits per heavy atom. The van der Waals surface area contributed by atoms with Crippen molar-refractivity contribution in [1.29, 1.82) is 0 Å². The number of aliphatic hydroxyl groups is 1. The van der Waals surface area contributed by atoms with E-state index in [0.29, 0.717) is 0 Å². The molecule has 1 N–H and O–H groups in total. The molecular weight excluding hydrogens is 138 g/mol. The fourth-order valence-corrected chi connectivity index (χ4v) is 0.807. The van der Waals surface area contributed by atoms with Gasteiger partial charge in [0.25, 0.3) is 0 Å². The van der Waals surface area contributed by atoms with Crippen LogP contribution in [0.3, 0.4) is 0 Å². The molecule has 1 atom stereocenters. The Morgan fingerprint density at radius 1 is 1.55 bits per heavy atom. The zero-order valence-corrected chi connectivity index (χ0v) is 6.49. The summed E-state index contributed by atoms with van der Waals surface area (Å²) in [4.78, 5) is 3.85. The molecule has 0 radical (unpaired) electrons. The highest BCUT2D eigenvalue weighted by Gasteiger charge is 2.16. The van der Waals surface area contributed by atoms with Gasteiger partial charge in [-0.2, -0.15) is 0 Å². The average molecular weight is 149 g/mol. The summed E-state index contributed by atoms with van der Waals surface area (Å²) in [5.74, 6) is 0. The Kier molecular flexibility index (Phi) is 2.06. The van der Waals surface area contributed by atoms with Crippen molar-refractivity contribution in [3.05, 3.63) is 42.7 Å². The lowest BCUT2D eigenvalue weighted by molar-refractivity contribution is 0.111. The van der Waals surface area contributed by atoms with Gasteiger partial charge in [0.2, 0.25) is 0 Å². The number of rotatable bonds is 2. The summed E-state index contributed by atoms with van der Waals surface area (Å²) in [6.45, 7) is 5.23. The Balaban J connectivity index is 3.02. The van der Waals surface area contributed by atoms with Gasteiger partial charge in [-0.1, -0.05) is 12.7 Å². The van der Waals surface area contributed by atoms with Crippen LogP contribution in [-0.4, -0.2) is 10.1 Å². The monoisotopic (exact) mass is 149 g/mol. The van der Waals surface area contributed by atoms with Crippen molar-refractivity contribution >= 4 is 0 Å². The second kappa shape index (κ2) is 2.84. The van der Waals surface area contributed by atoms with Gasteiger partial charge >= 0.3 is 0 Å². The van der Waals surface area contributed by atoms with E-state index in [-0.39, 0.29) is 0 Å². The minimum absolute atomic E-state index is 0.808. The van der Waals surface area contributed by atoms with E-state index in [1.54, 1.807) is 31.5 Å². The predicted molar refractivity (Wildman–Crippen MR) is 44.0 cm³/mol. The third-order valence-electron chi connectivity index (χ3n) is 1.66. The fourth-order valence-electron chi connectivity index (χ4n) is 0.807. The van der Waals surface area contributed by atoms with Crippen LogP contribution < -0.4 is 0 Å². The van der Waals surface area contributed by atoms with Gasteiger partial charge in [-0.3, -0.25) is 4.98 Å². The number of hydrogen-bond donors (Lipinski definition) is 1. The van der Waals surface area contributed by atoms with E-state index < -0.39 is 5.60 Å². The number of nitrogens with zero attached hydrogens (tertiary/aromatic N) is 1. The zero-order valence-electron chi connectivity index (χ0n) is 6.49. The molecule has 0 aromatic carbocycles. The molecular formula is C9H11NO. The van der Waals surface area contributed by atoms with Crippen molar-refractivity contribution in [1.82, 2.24) is 4.98 Å². The van der Waals surface area contributed by atoms with Crippen LogP contribution in [0.2, 0.25) is 0 Å². The lowest BCUT2D eigenvalue weighted by Gasteiger charge is -2.17. The number of hydrogen-bond acceptors (Lipinski definition) is 2. The summed E-state index contributed by atoms with van der Waals surface area (Å²) < 4.78 is 0. The molecule has 0 amide bonds. The summed E-state index contributed by atoms with van der Waals surface area (Å²) in [7, 11) is 0. The second-order valence-corrected chi connectivity index (χ2v) is 2.59. The van der Waals surface area contributed by atoms with E-state index in [9.17, 15) is 5.11 Å². The van der Waals surface area contributed by atoms with Crippen molar-refractivity contribution in [2.75, 3.05) is 0 Å². The molecule has 11 heavy (non-hydrogen) atoms. The summed E-state index contributed by atoms with van der Waals surface area (Å²) in [5, 5.41) is 9.65. The largest absolute Gasteiger partial charge is 0.381 e. The highest BCUT2D eigenvalue weighted by molar-refractivity contribution is 5.22. The molecule has 1 rings (SSSR count). The van der Waals surface area contributed by atoms with Crippen LogP contribution in [0.4, 0.5) is 0 Å². The maximum atomic E-state index is 9.65. The fraction of sp³-hybridized carbons (Fsp3) is 0.222. The Labute approximate surface area is 66.2 Å². The van der Waals surface area contributed by atoms with Gasteiger partial charge in [0.05, 0.1) is 0 Å². The molecule has 0 saturated heterocycles. The van der Waals surface area contributed by atoms with Crippen LogP contribution in [0.5, 0.6) is 0 Å². The van der Waals surface area contributed by atoms with Crippen molar-refractivity contribution in [3.8, 4) is 0 Å². The van der Waals surface area contributed by atoms with Crippen LogP contribution in [0.1, 0.15) is 12.5 Å². The Bertz CT molecular complexity index is 241. The third kappa shape index (κ3) is 1.65. The molecule has 2 nitrogen and oxygen atoms in total. The molecule has 2 heteroatoms. The Hall–Kier alpha value is -1.15. The molecule has 0 aliphatic heterocycles. The quantitative estimate of drug-likeness (QED) is 0.646. The molecule has 0 aliphatic rings. The third-order valence-corrected chi connectivity index (χ3v) is 1.66. The van der Waals surface area contributed by atoms with Crippen LogP contribution in [0.15, 0.2) is 37.2 Å². The van der Waals surface area contributed by atoms with Gasteiger partial charge in [-0.15, -0.1) is 0 Å². The van der Waals surface area contributed by atoms with E-state index in [1.165, 1.54) is 6.08 Å². The van der Waals surface area contributed by atoms with Gasteiger partial charge < -0.3 is 5.11 Å². The minimum atomic E-state index is -0.942. The molecule has 1 aromatic rings. The van der Waals surface area contributed by atoms with Crippen LogP contribution >= 0.6 is 0 Å². The molecule has 58 valence electrons. The summed E-state index contributed by atoms with van der Waals surface area (Å²) in [6.07, 6.45) is 4.79. The average Bonchev–Trinajstić information content (AvgIpc) is 2.06. The van der Waals surface area contributed by atoms with Crippen LogP contribution in [-0.2, 0) is 5.60 Å². The topological polar surface area (TPSA) is 33.1 Å². The SMILES string of the molecule is C=CC(C)(O)c1ccncc1. The summed E-state index contributed by atoms with van der Waals surface area (Å²) >= 11 is 0. The van der Waals surface area contributed by atoms with E-state index in [0.717, 1.165) is 5.56 Å². The lowest BCUT2D eigenvalue weighted by Crippen LogP contribution is -2.16. The first-order chi connectivity index (χ1) is 5.17. The van der Waals surface area contributed by atoms with Gasteiger partial charge in [0.15, 0.2) is 0 Å². The molecule has 0 saturated carbocycles. The van der Waals surface area contributed by atoms with Crippen molar-refractivity contribution in [2.45, 2.75) is 12.5 Å². The number of pyridine rings is 1. The zero-order chi connectivity index (χ0) is 8.32. The molecule has 0 spiro atoms. The van der Waals surface area contributed by atoms with Crippen molar-refractivity contribution in [2.24, 2.45) is 0 Å². The normalized spacial score (nSPS) is 15.5. The highest BCUT2D eigenvalue weighted by atomic mass is 16.3.